The summed E-state index contributed by atoms with van der Waals surface area (Å²) < 4.78 is 5.41. The highest BCUT2D eigenvalue weighted by Crippen LogP contribution is 2.13. The van der Waals surface area contributed by atoms with Gasteiger partial charge in [0.25, 0.3) is 0 Å². The summed E-state index contributed by atoms with van der Waals surface area (Å²) >= 11 is 0. The monoisotopic (exact) mass is 224 g/mol. The highest BCUT2D eigenvalue weighted by atomic mass is 16.5. The number of rotatable bonds is 7. The summed E-state index contributed by atoms with van der Waals surface area (Å²) in [5, 5.41) is 17.2. The van der Waals surface area contributed by atoms with Crippen LogP contribution in [0.5, 0.6) is 5.75 Å². The molecule has 1 aromatic carbocycles. The largest absolute Gasteiger partial charge is 0.494 e. The third kappa shape index (κ3) is 4.79. The normalized spacial score (nSPS) is 10.1. The number of hydrogen-bond acceptors (Lipinski definition) is 3. The first kappa shape index (κ1) is 12.5. The lowest BCUT2D eigenvalue weighted by Gasteiger charge is -2.05. The summed E-state index contributed by atoms with van der Waals surface area (Å²) in [4.78, 5) is 10.4. The van der Waals surface area contributed by atoms with Crippen molar-refractivity contribution in [2.75, 3.05) is 13.2 Å². The van der Waals surface area contributed by atoms with E-state index in [9.17, 15) is 4.79 Å². The van der Waals surface area contributed by atoms with E-state index in [4.69, 9.17) is 14.9 Å². The molecule has 0 radical (unpaired) electrons. The zero-order valence-electron chi connectivity index (χ0n) is 9.06. The lowest BCUT2D eigenvalue weighted by molar-refractivity contribution is -0.136. The van der Waals surface area contributed by atoms with E-state index in [1.165, 1.54) is 0 Å². The maximum atomic E-state index is 10.4. The molecule has 1 rings (SSSR count). The van der Waals surface area contributed by atoms with Crippen molar-refractivity contribution in [1.82, 2.24) is 0 Å². The molecule has 16 heavy (non-hydrogen) atoms. The second kappa shape index (κ2) is 6.85. The lowest BCUT2D eigenvalue weighted by Crippen LogP contribution is -2.01. The second-order valence-corrected chi connectivity index (χ2v) is 3.49. The van der Waals surface area contributed by atoms with E-state index in [-0.39, 0.29) is 13.0 Å². The van der Waals surface area contributed by atoms with Crippen LogP contribution in [0.1, 0.15) is 18.4 Å². The Morgan fingerprint density at radius 2 is 1.88 bits per heavy atom. The first-order valence-electron chi connectivity index (χ1n) is 5.27. The molecule has 0 unspecified atom stereocenters. The highest BCUT2D eigenvalue weighted by molar-refractivity contribution is 5.70. The number of carbonyl (C=O) groups is 1. The second-order valence-electron chi connectivity index (χ2n) is 3.49. The van der Waals surface area contributed by atoms with Gasteiger partial charge in [0, 0.05) is 6.61 Å². The van der Waals surface area contributed by atoms with Crippen molar-refractivity contribution in [3.05, 3.63) is 29.8 Å². The molecule has 0 atom stereocenters. The van der Waals surface area contributed by atoms with Gasteiger partial charge in [-0.1, -0.05) is 12.1 Å². The van der Waals surface area contributed by atoms with Gasteiger partial charge in [-0.05, 0) is 30.5 Å². The molecule has 0 fully saturated rings. The molecule has 88 valence electrons. The molecule has 0 saturated carbocycles. The van der Waals surface area contributed by atoms with Gasteiger partial charge in [-0.25, -0.2) is 0 Å². The highest BCUT2D eigenvalue weighted by Gasteiger charge is 2.00. The van der Waals surface area contributed by atoms with E-state index in [2.05, 4.69) is 0 Å². The maximum absolute atomic E-state index is 10.4. The fourth-order valence-corrected chi connectivity index (χ4v) is 1.28. The Balaban J connectivity index is 2.36. The Labute approximate surface area is 94.5 Å². The molecule has 0 bridgehead atoms. The number of carboxylic acids is 1. The van der Waals surface area contributed by atoms with Gasteiger partial charge < -0.3 is 14.9 Å². The van der Waals surface area contributed by atoms with Gasteiger partial charge in [0.2, 0.25) is 0 Å². The van der Waals surface area contributed by atoms with Crippen molar-refractivity contribution in [1.29, 1.82) is 0 Å². The van der Waals surface area contributed by atoms with Gasteiger partial charge in [0.15, 0.2) is 0 Å². The number of benzene rings is 1. The number of unbranched alkanes of at least 4 members (excludes halogenated alkanes) is 1. The summed E-state index contributed by atoms with van der Waals surface area (Å²) in [7, 11) is 0. The van der Waals surface area contributed by atoms with Crippen LogP contribution in [0, 0.1) is 0 Å². The number of aliphatic hydroxyl groups is 1. The minimum Gasteiger partial charge on any atom is -0.494 e. The van der Waals surface area contributed by atoms with Crippen molar-refractivity contribution >= 4 is 5.97 Å². The Morgan fingerprint density at radius 1 is 1.19 bits per heavy atom. The summed E-state index contributed by atoms with van der Waals surface area (Å²) in [6.45, 7) is 0.750. The molecule has 0 amide bonds. The van der Waals surface area contributed by atoms with Crippen molar-refractivity contribution in [2.24, 2.45) is 0 Å². The van der Waals surface area contributed by atoms with Crippen LogP contribution in [-0.2, 0) is 11.2 Å². The lowest BCUT2D eigenvalue weighted by atomic mass is 10.1. The van der Waals surface area contributed by atoms with E-state index < -0.39 is 5.97 Å². The van der Waals surface area contributed by atoms with Crippen LogP contribution in [0.4, 0.5) is 0 Å². The Morgan fingerprint density at radius 3 is 2.44 bits per heavy atom. The van der Waals surface area contributed by atoms with Crippen LogP contribution in [0.3, 0.4) is 0 Å². The zero-order valence-corrected chi connectivity index (χ0v) is 9.06. The Bertz CT molecular complexity index is 318. The van der Waals surface area contributed by atoms with Gasteiger partial charge in [0.1, 0.15) is 5.75 Å². The molecule has 0 heterocycles. The van der Waals surface area contributed by atoms with E-state index >= 15 is 0 Å². The molecule has 4 heteroatoms. The molecule has 4 nitrogen and oxygen atoms in total. The predicted octanol–water partition coefficient (Wildman–Crippen LogP) is 1.47. The third-order valence-corrected chi connectivity index (χ3v) is 2.10. The van der Waals surface area contributed by atoms with Crippen LogP contribution in [0.15, 0.2) is 24.3 Å². The SMILES string of the molecule is O=C(O)Cc1ccc(OCCCCO)cc1. The number of aliphatic carboxylic acids is 1. The van der Waals surface area contributed by atoms with E-state index in [1.807, 2.05) is 0 Å². The van der Waals surface area contributed by atoms with Crippen LogP contribution >= 0.6 is 0 Å². The molecule has 0 aromatic heterocycles. The van der Waals surface area contributed by atoms with Gasteiger partial charge >= 0.3 is 5.97 Å². The summed E-state index contributed by atoms with van der Waals surface area (Å²) in [5.74, 6) is -0.108. The van der Waals surface area contributed by atoms with E-state index in [0.717, 1.165) is 24.2 Å². The maximum Gasteiger partial charge on any atom is 0.307 e. The van der Waals surface area contributed by atoms with Crippen molar-refractivity contribution in [3.8, 4) is 5.75 Å². The molecule has 2 N–H and O–H groups in total. The topological polar surface area (TPSA) is 66.8 Å². The van der Waals surface area contributed by atoms with Gasteiger partial charge in [-0.2, -0.15) is 0 Å². The van der Waals surface area contributed by atoms with Crippen molar-refractivity contribution in [3.63, 3.8) is 0 Å². The number of hydrogen-bond donors (Lipinski definition) is 2. The van der Waals surface area contributed by atoms with Crippen molar-refractivity contribution in [2.45, 2.75) is 19.3 Å². The van der Waals surface area contributed by atoms with Crippen LogP contribution in [0.25, 0.3) is 0 Å². The number of aliphatic hydroxyl groups excluding tert-OH is 1. The van der Waals surface area contributed by atoms with Gasteiger partial charge in [-0.3, -0.25) is 4.79 Å². The average molecular weight is 224 g/mol. The molecule has 0 saturated heterocycles. The molecule has 0 aliphatic carbocycles. The predicted molar refractivity (Wildman–Crippen MR) is 59.6 cm³/mol. The van der Waals surface area contributed by atoms with Gasteiger partial charge in [0.05, 0.1) is 13.0 Å². The molecular formula is C12H16O4. The molecule has 0 spiro atoms. The standard InChI is InChI=1S/C12H16O4/c13-7-1-2-8-16-11-5-3-10(4-6-11)9-12(14)15/h3-6,13H,1-2,7-9H2,(H,14,15). The molecule has 1 aromatic rings. The summed E-state index contributed by atoms with van der Waals surface area (Å²) in [6, 6.07) is 7.01. The fourth-order valence-electron chi connectivity index (χ4n) is 1.28. The fraction of sp³-hybridized carbons (Fsp3) is 0.417. The smallest absolute Gasteiger partial charge is 0.307 e. The van der Waals surface area contributed by atoms with Crippen molar-refractivity contribution < 1.29 is 19.7 Å². The summed E-state index contributed by atoms with van der Waals surface area (Å²) in [6.07, 6.45) is 1.58. The number of ether oxygens (including phenoxy) is 1. The average Bonchev–Trinajstić information content (AvgIpc) is 2.26. The molecule has 0 aliphatic rings. The van der Waals surface area contributed by atoms with Crippen LogP contribution in [-0.4, -0.2) is 29.4 Å². The van der Waals surface area contributed by atoms with E-state index in [0.29, 0.717) is 6.61 Å². The zero-order chi connectivity index (χ0) is 11.8. The summed E-state index contributed by atoms with van der Waals surface area (Å²) in [5.41, 5.74) is 0.759. The molecule has 0 aliphatic heterocycles. The first-order chi connectivity index (χ1) is 7.72. The van der Waals surface area contributed by atoms with Crippen LogP contribution < -0.4 is 4.74 Å². The Kier molecular flexibility index (Phi) is 5.36. The minimum absolute atomic E-state index is 0.0325. The van der Waals surface area contributed by atoms with E-state index in [1.54, 1.807) is 24.3 Å². The van der Waals surface area contributed by atoms with Crippen LogP contribution in [0.2, 0.25) is 0 Å². The first-order valence-corrected chi connectivity index (χ1v) is 5.27. The minimum atomic E-state index is -0.836. The quantitative estimate of drug-likeness (QED) is 0.688. The van der Waals surface area contributed by atoms with Gasteiger partial charge in [-0.15, -0.1) is 0 Å². The Hall–Kier alpha value is -1.55. The third-order valence-electron chi connectivity index (χ3n) is 2.10. The number of carboxylic acid groups (broad SMARTS) is 1. The molecular weight excluding hydrogens is 208 g/mol.